The van der Waals surface area contributed by atoms with Crippen LogP contribution in [0.4, 0.5) is 19.0 Å². The highest BCUT2D eigenvalue weighted by Crippen LogP contribution is 2.32. The number of rotatable bonds is 1. The van der Waals surface area contributed by atoms with Gasteiger partial charge in [-0.25, -0.2) is 4.98 Å². The Kier molecular flexibility index (Phi) is 2.66. The fourth-order valence-corrected chi connectivity index (χ4v) is 1.03. The van der Waals surface area contributed by atoms with Crippen LogP contribution in [-0.4, -0.2) is 11.2 Å². The molecule has 1 atom stereocenters. The molecule has 78 valence electrons. The number of alkyl halides is 3. The van der Waals surface area contributed by atoms with Crippen molar-refractivity contribution in [3.8, 4) is 0 Å². The molecule has 14 heavy (non-hydrogen) atoms. The second kappa shape index (κ2) is 3.45. The summed E-state index contributed by atoms with van der Waals surface area (Å²) < 4.78 is 36.7. The summed E-state index contributed by atoms with van der Waals surface area (Å²) >= 11 is 0. The number of nitrogens with two attached hydrogens (primary N) is 2. The van der Waals surface area contributed by atoms with Crippen LogP contribution in [0.3, 0.4) is 0 Å². The van der Waals surface area contributed by atoms with Gasteiger partial charge in [-0.05, 0) is 18.6 Å². The molecule has 1 aromatic rings. The minimum Gasteiger partial charge on any atom is -0.383 e. The van der Waals surface area contributed by atoms with Gasteiger partial charge >= 0.3 is 6.18 Å². The number of hydrogen-bond donors (Lipinski definition) is 2. The first-order chi connectivity index (χ1) is 6.32. The molecule has 0 spiro atoms. The predicted molar refractivity (Wildman–Crippen MR) is 46.4 cm³/mol. The average Bonchev–Trinajstić information content (AvgIpc) is 2.06. The van der Waals surface area contributed by atoms with Gasteiger partial charge in [0.05, 0.1) is 0 Å². The summed E-state index contributed by atoms with van der Waals surface area (Å²) in [7, 11) is 0. The molecule has 0 aliphatic rings. The number of hydrogen-bond acceptors (Lipinski definition) is 3. The zero-order valence-corrected chi connectivity index (χ0v) is 7.47. The molecule has 0 fully saturated rings. The van der Waals surface area contributed by atoms with Crippen molar-refractivity contribution in [1.82, 2.24) is 4.98 Å². The van der Waals surface area contributed by atoms with E-state index in [1.165, 1.54) is 12.3 Å². The molecular formula is C8H10F3N3. The van der Waals surface area contributed by atoms with E-state index in [9.17, 15) is 13.2 Å². The maximum Gasteiger partial charge on any atom is 0.407 e. The fourth-order valence-electron chi connectivity index (χ4n) is 1.03. The molecule has 1 rings (SSSR count). The van der Waals surface area contributed by atoms with E-state index in [4.69, 9.17) is 11.5 Å². The van der Waals surface area contributed by atoms with Crippen molar-refractivity contribution in [2.45, 2.75) is 19.1 Å². The summed E-state index contributed by atoms with van der Waals surface area (Å²) in [6.07, 6.45) is -3.11. The van der Waals surface area contributed by atoms with Crippen LogP contribution in [0.1, 0.15) is 17.2 Å². The molecule has 0 amide bonds. The van der Waals surface area contributed by atoms with Crippen molar-refractivity contribution in [2.75, 3.05) is 5.73 Å². The highest BCUT2D eigenvalue weighted by molar-refractivity contribution is 5.43. The molecule has 6 heteroatoms. The molecule has 1 heterocycles. The topological polar surface area (TPSA) is 64.9 Å². The Hall–Kier alpha value is -1.30. The van der Waals surface area contributed by atoms with Gasteiger partial charge in [-0.2, -0.15) is 13.2 Å². The minimum atomic E-state index is -4.50. The molecule has 0 saturated carbocycles. The zero-order valence-electron chi connectivity index (χ0n) is 7.47. The van der Waals surface area contributed by atoms with Crippen LogP contribution in [-0.2, 0) is 0 Å². The third-order valence-electron chi connectivity index (χ3n) is 1.77. The molecule has 0 radical (unpaired) electrons. The standard InChI is InChI=1S/C8H10F3N3/c1-4-2-5(7(13)14-3-4)6(12)8(9,10)11/h2-3,6H,12H2,1H3,(H2,13,14). The molecule has 0 saturated heterocycles. The van der Waals surface area contributed by atoms with Crippen molar-refractivity contribution in [1.29, 1.82) is 0 Å². The van der Waals surface area contributed by atoms with Crippen molar-refractivity contribution in [2.24, 2.45) is 5.73 Å². The number of pyridine rings is 1. The lowest BCUT2D eigenvalue weighted by atomic mass is 10.1. The van der Waals surface area contributed by atoms with Gasteiger partial charge in [-0.15, -0.1) is 0 Å². The predicted octanol–water partition coefficient (Wildman–Crippen LogP) is 1.53. The van der Waals surface area contributed by atoms with Crippen LogP contribution in [0, 0.1) is 6.92 Å². The van der Waals surface area contributed by atoms with E-state index >= 15 is 0 Å². The van der Waals surface area contributed by atoms with Crippen molar-refractivity contribution in [3.05, 3.63) is 23.4 Å². The Morgan fingerprint density at radius 2 is 2.00 bits per heavy atom. The average molecular weight is 205 g/mol. The first kappa shape index (κ1) is 10.8. The van der Waals surface area contributed by atoms with Crippen LogP contribution in [0.2, 0.25) is 0 Å². The van der Waals surface area contributed by atoms with E-state index in [0.29, 0.717) is 5.56 Å². The summed E-state index contributed by atoms with van der Waals surface area (Å²) in [5.74, 6) is -0.180. The Morgan fingerprint density at radius 1 is 1.43 bits per heavy atom. The molecule has 0 bridgehead atoms. The summed E-state index contributed by atoms with van der Waals surface area (Å²) in [5, 5.41) is 0. The van der Waals surface area contributed by atoms with Gasteiger partial charge in [-0.1, -0.05) is 0 Å². The van der Waals surface area contributed by atoms with E-state index in [1.54, 1.807) is 6.92 Å². The van der Waals surface area contributed by atoms with E-state index in [2.05, 4.69) is 4.98 Å². The monoisotopic (exact) mass is 205 g/mol. The number of aromatic nitrogens is 1. The summed E-state index contributed by atoms with van der Waals surface area (Å²) in [5.41, 5.74) is 10.7. The largest absolute Gasteiger partial charge is 0.407 e. The maximum absolute atomic E-state index is 12.2. The summed E-state index contributed by atoms with van der Waals surface area (Å²) in [6.45, 7) is 1.62. The van der Waals surface area contributed by atoms with Gasteiger partial charge in [0, 0.05) is 11.8 Å². The lowest BCUT2D eigenvalue weighted by molar-refractivity contribution is -0.149. The first-order valence-electron chi connectivity index (χ1n) is 3.86. The van der Waals surface area contributed by atoms with E-state index in [-0.39, 0.29) is 11.4 Å². The van der Waals surface area contributed by atoms with Crippen LogP contribution >= 0.6 is 0 Å². The number of nitrogen functional groups attached to an aromatic ring is 1. The molecule has 1 unspecified atom stereocenters. The quantitative estimate of drug-likeness (QED) is 0.730. The third-order valence-corrected chi connectivity index (χ3v) is 1.77. The SMILES string of the molecule is Cc1cnc(N)c(C(N)C(F)(F)F)c1. The van der Waals surface area contributed by atoms with Gasteiger partial charge in [0.15, 0.2) is 0 Å². The minimum absolute atomic E-state index is 0.180. The van der Waals surface area contributed by atoms with Gasteiger partial charge < -0.3 is 11.5 Å². The van der Waals surface area contributed by atoms with Crippen molar-refractivity contribution >= 4 is 5.82 Å². The van der Waals surface area contributed by atoms with E-state index in [0.717, 1.165) is 0 Å². The van der Waals surface area contributed by atoms with Crippen LogP contribution in [0.25, 0.3) is 0 Å². The highest BCUT2D eigenvalue weighted by Gasteiger charge is 2.39. The smallest absolute Gasteiger partial charge is 0.383 e. The summed E-state index contributed by atoms with van der Waals surface area (Å²) in [4.78, 5) is 3.61. The molecule has 4 N–H and O–H groups in total. The van der Waals surface area contributed by atoms with E-state index in [1.807, 2.05) is 0 Å². The van der Waals surface area contributed by atoms with E-state index < -0.39 is 12.2 Å². The Bertz CT molecular complexity index is 335. The fraction of sp³-hybridized carbons (Fsp3) is 0.375. The molecule has 0 aliphatic carbocycles. The number of halogens is 3. The first-order valence-corrected chi connectivity index (χ1v) is 3.86. The number of nitrogens with zero attached hydrogens (tertiary/aromatic N) is 1. The highest BCUT2D eigenvalue weighted by atomic mass is 19.4. The Morgan fingerprint density at radius 3 is 2.50 bits per heavy atom. The lowest BCUT2D eigenvalue weighted by Crippen LogP contribution is -2.29. The molecule has 0 aliphatic heterocycles. The number of aryl methyl sites for hydroxylation is 1. The Labute approximate surface area is 78.9 Å². The third kappa shape index (κ3) is 2.14. The van der Waals surface area contributed by atoms with Crippen LogP contribution in [0.5, 0.6) is 0 Å². The zero-order chi connectivity index (χ0) is 10.9. The van der Waals surface area contributed by atoms with Gasteiger partial charge in [0.2, 0.25) is 0 Å². The molecule has 3 nitrogen and oxygen atoms in total. The lowest BCUT2D eigenvalue weighted by Gasteiger charge is -2.17. The van der Waals surface area contributed by atoms with Gasteiger partial charge in [0.1, 0.15) is 11.9 Å². The van der Waals surface area contributed by atoms with Gasteiger partial charge in [0.25, 0.3) is 0 Å². The molecule has 1 aromatic heterocycles. The Balaban J connectivity index is 3.12. The number of anilines is 1. The normalized spacial score (nSPS) is 14.1. The van der Waals surface area contributed by atoms with Gasteiger partial charge in [-0.3, -0.25) is 0 Å². The van der Waals surface area contributed by atoms with Crippen molar-refractivity contribution < 1.29 is 13.2 Å². The second-order valence-corrected chi connectivity index (χ2v) is 3.01. The molecular weight excluding hydrogens is 195 g/mol. The maximum atomic E-state index is 12.2. The van der Waals surface area contributed by atoms with Crippen LogP contribution < -0.4 is 11.5 Å². The van der Waals surface area contributed by atoms with Crippen molar-refractivity contribution in [3.63, 3.8) is 0 Å². The van der Waals surface area contributed by atoms with Crippen LogP contribution in [0.15, 0.2) is 12.3 Å². The molecule has 0 aromatic carbocycles. The second-order valence-electron chi connectivity index (χ2n) is 3.01. The summed E-state index contributed by atoms with van der Waals surface area (Å²) in [6, 6.07) is -0.782.